The molecule has 19 heavy (non-hydrogen) atoms. The second-order valence-corrected chi connectivity index (χ2v) is 5.70. The number of hydrogen-bond acceptors (Lipinski definition) is 4. The van der Waals surface area contributed by atoms with Gasteiger partial charge >= 0.3 is 0 Å². The fraction of sp³-hybridized carbons (Fsp3) is 0.385. The molecular formula is C13H17ClN4S. The first kappa shape index (κ1) is 14.4. The van der Waals surface area contributed by atoms with Crippen LogP contribution >= 0.6 is 23.4 Å². The molecule has 0 spiro atoms. The Morgan fingerprint density at radius 1 is 1.42 bits per heavy atom. The second kappa shape index (κ2) is 6.93. The lowest BCUT2D eigenvalue weighted by Crippen LogP contribution is -2.31. The third-order valence-electron chi connectivity index (χ3n) is 2.92. The van der Waals surface area contributed by atoms with Gasteiger partial charge in [-0.3, -0.25) is 4.68 Å². The molecule has 0 amide bonds. The van der Waals surface area contributed by atoms with Crippen molar-refractivity contribution in [1.29, 1.82) is 0 Å². The van der Waals surface area contributed by atoms with E-state index >= 15 is 0 Å². The van der Waals surface area contributed by atoms with Crippen molar-refractivity contribution in [1.82, 2.24) is 20.1 Å². The molecule has 0 fully saturated rings. The zero-order valence-corrected chi connectivity index (χ0v) is 12.6. The molecule has 1 atom stereocenters. The summed E-state index contributed by atoms with van der Waals surface area (Å²) in [6, 6.07) is 8.25. The molecule has 1 N–H and O–H groups in total. The molecule has 0 bridgehead atoms. The number of thioether (sulfide) groups is 1. The molecular weight excluding hydrogens is 280 g/mol. The van der Waals surface area contributed by atoms with Crippen LogP contribution in [0.25, 0.3) is 0 Å². The first-order chi connectivity index (χ1) is 9.20. The van der Waals surface area contributed by atoms with E-state index in [0.717, 1.165) is 27.9 Å². The fourth-order valence-corrected chi connectivity index (χ4v) is 3.07. The lowest BCUT2D eigenvalue weighted by molar-refractivity contribution is 0.573. The van der Waals surface area contributed by atoms with Crippen LogP contribution in [-0.4, -0.2) is 33.6 Å². The maximum atomic E-state index is 6.15. The summed E-state index contributed by atoms with van der Waals surface area (Å²) < 4.78 is 1.81. The molecule has 1 aromatic carbocycles. The molecule has 0 saturated heterocycles. The Labute approximate surface area is 122 Å². The van der Waals surface area contributed by atoms with E-state index in [2.05, 4.69) is 15.4 Å². The molecule has 102 valence electrons. The smallest absolute Gasteiger partial charge is 0.138 e. The Kier molecular flexibility index (Phi) is 5.24. The van der Waals surface area contributed by atoms with E-state index in [9.17, 15) is 0 Å². The van der Waals surface area contributed by atoms with Crippen LogP contribution in [0.3, 0.4) is 0 Å². The van der Waals surface area contributed by atoms with E-state index in [-0.39, 0.29) is 0 Å². The Morgan fingerprint density at radius 3 is 2.84 bits per heavy atom. The van der Waals surface area contributed by atoms with Gasteiger partial charge in [-0.15, -0.1) is 11.8 Å². The summed E-state index contributed by atoms with van der Waals surface area (Å²) >= 11 is 7.91. The van der Waals surface area contributed by atoms with Gasteiger partial charge in [-0.25, -0.2) is 4.98 Å². The zero-order chi connectivity index (χ0) is 13.7. The monoisotopic (exact) mass is 296 g/mol. The standard InChI is InChI=1S/C13H17ClN4S/c1-15-10(7-13-16-9-17-18(13)2)8-19-12-6-4-3-5-11(12)14/h3-6,9-10,15H,7-8H2,1-2H3. The van der Waals surface area contributed by atoms with Gasteiger partial charge in [0.15, 0.2) is 0 Å². The van der Waals surface area contributed by atoms with E-state index in [1.165, 1.54) is 0 Å². The van der Waals surface area contributed by atoms with Crippen LogP contribution < -0.4 is 5.32 Å². The first-order valence-electron chi connectivity index (χ1n) is 6.08. The van der Waals surface area contributed by atoms with Crippen molar-refractivity contribution in [3.05, 3.63) is 41.4 Å². The number of benzene rings is 1. The van der Waals surface area contributed by atoms with Crippen LogP contribution in [0.4, 0.5) is 0 Å². The van der Waals surface area contributed by atoms with Crippen LogP contribution in [-0.2, 0) is 13.5 Å². The number of nitrogens with zero attached hydrogens (tertiary/aromatic N) is 3. The van der Waals surface area contributed by atoms with Gasteiger partial charge in [-0.05, 0) is 19.2 Å². The van der Waals surface area contributed by atoms with Crippen molar-refractivity contribution in [2.45, 2.75) is 17.4 Å². The van der Waals surface area contributed by atoms with Gasteiger partial charge in [0.1, 0.15) is 12.2 Å². The average molecular weight is 297 g/mol. The lowest BCUT2D eigenvalue weighted by Gasteiger charge is -2.15. The summed E-state index contributed by atoms with van der Waals surface area (Å²) in [4.78, 5) is 5.37. The molecule has 2 rings (SSSR count). The molecule has 4 nitrogen and oxygen atoms in total. The molecule has 6 heteroatoms. The molecule has 0 aliphatic carbocycles. The first-order valence-corrected chi connectivity index (χ1v) is 7.44. The van der Waals surface area contributed by atoms with E-state index in [1.807, 2.05) is 43.0 Å². The Hall–Kier alpha value is -1.04. The number of rotatable bonds is 6. The zero-order valence-electron chi connectivity index (χ0n) is 11.0. The van der Waals surface area contributed by atoms with Crippen molar-refractivity contribution in [3.8, 4) is 0 Å². The minimum absolute atomic E-state index is 0.337. The Bertz CT molecular complexity index is 529. The maximum absolute atomic E-state index is 6.15. The van der Waals surface area contributed by atoms with Gasteiger partial charge < -0.3 is 5.32 Å². The highest BCUT2D eigenvalue weighted by atomic mass is 35.5. The van der Waals surface area contributed by atoms with Crippen molar-refractivity contribution in [2.75, 3.05) is 12.8 Å². The minimum Gasteiger partial charge on any atom is -0.316 e. The van der Waals surface area contributed by atoms with Crippen LogP contribution in [0.5, 0.6) is 0 Å². The number of hydrogen-bond donors (Lipinski definition) is 1. The SMILES string of the molecule is CNC(CSc1ccccc1Cl)Cc1ncnn1C. The quantitative estimate of drug-likeness (QED) is 0.831. The summed E-state index contributed by atoms with van der Waals surface area (Å²) in [7, 11) is 3.88. The van der Waals surface area contributed by atoms with Crippen LogP contribution in [0, 0.1) is 0 Å². The largest absolute Gasteiger partial charge is 0.316 e. The van der Waals surface area contributed by atoms with Gasteiger partial charge in [0, 0.05) is 30.2 Å². The van der Waals surface area contributed by atoms with E-state index in [4.69, 9.17) is 11.6 Å². The van der Waals surface area contributed by atoms with Gasteiger partial charge in [-0.2, -0.15) is 5.10 Å². The third kappa shape index (κ3) is 3.96. The molecule has 1 heterocycles. The van der Waals surface area contributed by atoms with E-state index < -0.39 is 0 Å². The summed E-state index contributed by atoms with van der Waals surface area (Å²) in [6.07, 6.45) is 2.44. The van der Waals surface area contributed by atoms with Crippen molar-refractivity contribution < 1.29 is 0 Å². The number of halogens is 1. The molecule has 0 aliphatic heterocycles. The fourth-order valence-electron chi connectivity index (χ4n) is 1.72. The Balaban J connectivity index is 1.93. The maximum Gasteiger partial charge on any atom is 0.138 e. The highest BCUT2D eigenvalue weighted by molar-refractivity contribution is 7.99. The van der Waals surface area contributed by atoms with Crippen LogP contribution in [0.15, 0.2) is 35.5 Å². The van der Waals surface area contributed by atoms with Gasteiger partial charge in [0.2, 0.25) is 0 Å². The second-order valence-electron chi connectivity index (χ2n) is 4.23. The Morgan fingerprint density at radius 2 is 2.21 bits per heavy atom. The van der Waals surface area contributed by atoms with Crippen LogP contribution in [0.2, 0.25) is 5.02 Å². The van der Waals surface area contributed by atoms with Gasteiger partial charge in [-0.1, -0.05) is 23.7 Å². The topological polar surface area (TPSA) is 42.7 Å². The number of likely N-dealkylation sites (N-methyl/N-ethyl adjacent to an activating group) is 1. The molecule has 0 radical (unpaired) electrons. The summed E-state index contributed by atoms with van der Waals surface area (Å²) in [5.74, 6) is 1.92. The molecule has 1 aromatic heterocycles. The summed E-state index contributed by atoms with van der Waals surface area (Å²) in [5, 5.41) is 8.20. The van der Waals surface area contributed by atoms with Crippen molar-refractivity contribution >= 4 is 23.4 Å². The predicted octanol–water partition coefficient (Wildman–Crippen LogP) is 2.39. The highest BCUT2D eigenvalue weighted by Crippen LogP contribution is 2.27. The summed E-state index contributed by atoms with van der Waals surface area (Å²) in [6.45, 7) is 0. The normalized spacial score (nSPS) is 12.6. The molecule has 0 aliphatic rings. The minimum atomic E-state index is 0.337. The summed E-state index contributed by atoms with van der Waals surface area (Å²) in [5.41, 5.74) is 0. The third-order valence-corrected chi connectivity index (χ3v) is 4.60. The number of nitrogens with one attached hydrogen (secondary N) is 1. The lowest BCUT2D eigenvalue weighted by atomic mass is 10.2. The highest BCUT2D eigenvalue weighted by Gasteiger charge is 2.12. The number of aromatic nitrogens is 3. The predicted molar refractivity (Wildman–Crippen MR) is 79.7 cm³/mol. The number of aryl methyl sites for hydroxylation is 1. The van der Waals surface area contributed by atoms with Crippen molar-refractivity contribution in [3.63, 3.8) is 0 Å². The van der Waals surface area contributed by atoms with E-state index in [1.54, 1.807) is 18.1 Å². The van der Waals surface area contributed by atoms with Gasteiger partial charge in [0.25, 0.3) is 0 Å². The van der Waals surface area contributed by atoms with Crippen LogP contribution in [0.1, 0.15) is 5.82 Å². The average Bonchev–Trinajstić information content (AvgIpc) is 2.81. The van der Waals surface area contributed by atoms with E-state index in [0.29, 0.717) is 6.04 Å². The molecule has 2 aromatic rings. The molecule has 1 unspecified atom stereocenters. The van der Waals surface area contributed by atoms with Gasteiger partial charge in [0.05, 0.1) is 5.02 Å². The molecule has 0 saturated carbocycles. The van der Waals surface area contributed by atoms with Crippen molar-refractivity contribution in [2.24, 2.45) is 7.05 Å².